The SMILES string of the molecule is O=C(OCc1nc2ccsc2c(=O)[nH]1)c1ccc(NS(=O)(=O)/C=C/c2ccccc2)cc1. The van der Waals surface area contributed by atoms with Crippen molar-refractivity contribution in [3.8, 4) is 0 Å². The van der Waals surface area contributed by atoms with Crippen LogP contribution < -0.4 is 10.3 Å². The van der Waals surface area contributed by atoms with Gasteiger partial charge in [0.15, 0.2) is 0 Å². The fraction of sp³-hybridized carbons (Fsp3) is 0.0455. The lowest BCUT2D eigenvalue weighted by molar-refractivity contribution is 0.0462. The first-order valence-corrected chi connectivity index (χ1v) is 11.8. The van der Waals surface area contributed by atoms with Gasteiger partial charge in [-0.3, -0.25) is 9.52 Å². The number of nitrogens with zero attached hydrogens (tertiary/aromatic N) is 1. The number of benzene rings is 2. The van der Waals surface area contributed by atoms with Crippen LogP contribution in [0.4, 0.5) is 5.69 Å². The number of carbonyl (C=O) groups is 1. The van der Waals surface area contributed by atoms with Crippen molar-refractivity contribution in [2.24, 2.45) is 0 Å². The number of nitrogens with one attached hydrogen (secondary N) is 2. The fourth-order valence-corrected chi connectivity index (χ4v) is 4.41. The van der Waals surface area contributed by atoms with Crippen LogP contribution in [-0.4, -0.2) is 24.4 Å². The molecule has 2 aromatic carbocycles. The number of aromatic nitrogens is 2. The van der Waals surface area contributed by atoms with Crippen LogP contribution in [0.15, 0.2) is 76.2 Å². The van der Waals surface area contributed by atoms with E-state index < -0.39 is 16.0 Å². The minimum atomic E-state index is -3.72. The van der Waals surface area contributed by atoms with Crippen LogP contribution in [0, 0.1) is 0 Å². The van der Waals surface area contributed by atoms with Crippen LogP contribution in [-0.2, 0) is 21.4 Å². The second-order valence-corrected chi connectivity index (χ2v) is 9.14. The summed E-state index contributed by atoms with van der Waals surface area (Å²) in [6.45, 7) is -0.196. The van der Waals surface area contributed by atoms with Gasteiger partial charge in [0.1, 0.15) is 17.1 Å². The predicted molar refractivity (Wildman–Crippen MR) is 124 cm³/mol. The van der Waals surface area contributed by atoms with Crippen LogP contribution in [0.2, 0.25) is 0 Å². The molecule has 0 spiro atoms. The molecule has 162 valence electrons. The van der Waals surface area contributed by atoms with Crippen molar-refractivity contribution in [2.75, 3.05) is 4.72 Å². The smallest absolute Gasteiger partial charge is 0.338 e. The van der Waals surface area contributed by atoms with E-state index in [1.165, 1.54) is 41.7 Å². The summed E-state index contributed by atoms with van der Waals surface area (Å²) in [5.74, 6) is -0.389. The first kappa shape index (κ1) is 21.5. The number of thiophene rings is 1. The molecule has 0 aliphatic rings. The normalized spacial score (nSPS) is 11.6. The fourth-order valence-electron chi connectivity index (χ4n) is 2.81. The number of ether oxygens (including phenoxy) is 1. The van der Waals surface area contributed by atoms with E-state index in [4.69, 9.17) is 4.74 Å². The van der Waals surface area contributed by atoms with Crippen molar-refractivity contribution >= 4 is 49.3 Å². The molecular weight excluding hydrogens is 450 g/mol. The number of carbonyl (C=O) groups excluding carboxylic acids is 1. The number of aromatic amines is 1. The largest absolute Gasteiger partial charge is 0.454 e. The number of anilines is 1. The summed E-state index contributed by atoms with van der Waals surface area (Å²) >= 11 is 1.28. The van der Waals surface area contributed by atoms with Crippen molar-refractivity contribution < 1.29 is 17.9 Å². The number of rotatable bonds is 7. The zero-order valence-corrected chi connectivity index (χ0v) is 18.2. The lowest BCUT2D eigenvalue weighted by Gasteiger charge is -2.07. The lowest BCUT2D eigenvalue weighted by atomic mass is 10.2. The second-order valence-electron chi connectivity index (χ2n) is 6.66. The van der Waals surface area contributed by atoms with Crippen LogP contribution in [0.3, 0.4) is 0 Å². The first-order chi connectivity index (χ1) is 15.4. The first-order valence-electron chi connectivity index (χ1n) is 9.39. The molecule has 0 radical (unpaired) electrons. The van der Waals surface area contributed by atoms with Gasteiger partial charge in [0.2, 0.25) is 0 Å². The van der Waals surface area contributed by atoms with E-state index in [0.29, 0.717) is 15.9 Å². The third-order valence-corrected chi connectivity index (χ3v) is 6.24. The molecule has 0 aliphatic heterocycles. The van der Waals surface area contributed by atoms with E-state index in [2.05, 4.69) is 14.7 Å². The molecule has 0 atom stereocenters. The Morgan fingerprint density at radius 1 is 1.09 bits per heavy atom. The van der Waals surface area contributed by atoms with E-state index in [1.807, 2.05) is 18.2 Å². The Bertz CT molecular complexity index is 1440. The summed E-state index contributed by atoms with van der Waals surface area (Å²) in [5.41, 5.74) is 1.54. The van der Waals surface area contributed by atoms with Gasteiger partial charge < -0.3 is 9.72 Å². The van der Waals surface area contributed by atoms with Gasteiger partial charge in [-0.2, -0.15) is 0 Å². The van der Waals surface area contributed by atoms with Gasteiger partial charge >= 0.3 is 5.97 Å². The summed E-state index contributed by atoms with van der Waals surface area (Å²) in [5, 5.41) is 2.83. The molecule has 32 heavy (non-hydrogen) atoms. The molecule has 0 saturated carbocycles. The van der Waals surface area contributed by atoms with Crippen molar-refractivity contribution in [3.63, 3.8) is 0 Å². The van der Waals surface area contributed by atoms with E-state index >= 15 is 0 Å². The van der Waals surface area contributed by atoms with Crippen LogP contribution in [0.1, 0.15) is 21.7 Å². The summed E-state index contributed by atoms with van der Waals surface area (Å²) in [4.78, 5) is 31.1. The van der Waals surface area contributed by atoms with E-state index in [9.17, 15) is 18.0 Å². The second kappa shape index (κ2) is 9.16. The standard InChI is InChI=1S/C22H17N3O5S2/c26-21-20-18(10-12-31-20)23-19(24-21)14-30-22(27)16-6-8-17(9-7-16)25-32(28,29)13-11-15-4-2-1-3-5-15/h1-13,25H,14H2,(H,23,24,26)/b13-11+. The van der Waals surface area contributed by atoms with Gasteiger partial charge in [-0.1, -0.05) is 30.3 Å². The molecule has 10 heteroatoms. The van der Waals surface area contributed by atoms with Crippen molar-refractivity contribution in [1.29, 1.82) is 0 Å². The maximum Gasteiger partial charge on any atom is 0.338 e. The highest BCUT2D eigenvalue weighted by Gasteiger charge is 2.11. The van der Waals surface area contributed by atoms with Crippen LogP contribution in [0.25, 0.3) is 16.3 Å². The molecule has 0 aliphatic carbocycles. The summed E-state index contributed by atoms with van der Waals surface area (Å²) in [6, 6.07) is 16.6. The average Bonchev–Trinajstić information content (AvgIpc) is 3.27. The van der Waals surface area contributed by atoms with Gasteiger partial charge in [0.05, 0.1) is 16.5 Å². The van der Waals surface area contributed by atoms with Crippen molar-refractivity contribution in [1.82, 2.24) is 9.97 Å². The maximum absolute atomic E-state index is 12.3. The lowest BCUT2D eigenvalue weighted by Crippen LogP contribution is -2.13. The van der Waals surface area contributed by atoms with E-state index in [0.717, 1.165) is 11.0 Å². The Morgan fingerprint density at radius 3 is 2.59 bits per heavy atom. The number of hydrogen-bond donors (Lipinski definition) is 2. The zero-order valence-electron chi connectivity index (χ0n) is 16.5. The predicted octanol–water partition coefficient (Wildman–Crippen LogP) is 3.75. The quantitative estimate of drug-likeness (QED) is 0.400. The number of sulfonamides is 1. The molecule has 2 N–H and O–H groups in total. The average molecular weight is 468 g/mol. The molecule has 2 heterocycles. The number of esters is 1. The Hall–Kier alpha value is -3.76. The molecule has 2 aromatic heterocycles. The molecule has 0 unspecified atom stereocenters. The molecule has 4 aromatic rings. The van der Waals surface area contributed by atoms with Crippen LogP contribution in [0.5, 0.6) is 0 Å². The summed E-state index contributed by atoms with van der Waals surface area (Å²) in [6.07, 6.45) is 1.49. The van der Waals surface area contributed by atoms with Crippen molar-refractivity contribution in [3.05, 3.63) is 98.8 Å². The van der Waals surface area contributed by atoms with Gasteiger partial charge in [0.25, 0.3) is 15.6 Å². The third kappa shape index (κ3) is 5.29. The molecule has 0 amide bonds. The van der Waals surface area contributed by atoms with E-state index in [-0.39, 0.29) is 23.6 Å². The molecular formula is C22H17N3O5S2. The number of hydrogen-bond acceptors (Lipinski definition) is 7. The molecule has 4 rings (SSSR count). The van der Waals surface area contributed by atoms with Gasteiger partial charge in [0, 0.05) is 5.69 Å². The van der Waals surface area contributed by atoms with Crippen LogP contribution >= 0.6 is 11.3 Å². The van der Waals surface area contributed by atoms with Crippen molar-refractivity contribution in [2.45, 2.75) is 6.61 Å². The number of H-pyrrole nitrogens is 1. The van der Waals surface area contributed by atoms with E-state index in [1.54, 1.807) is 23.6 Å². The molecule has 0 bridgehead atoms. The maximum atomic E-state index is 12.3. The Labute approximate surface area is 187 Å². The summed E-state index contributed by atoms with van der Waals surface area (Å²) in [7, 11) is -3.72. The van der Waals surface area contributed by atoms with Gasteiger partial charge in [-0.25, -0.2) is 18.2 Å². The zero-order chi connectivity index (χ0) is 22.6. The summed E-state index contributed by atoms with van der Waals surface area (Å²) < 4.78 is 32.6. The Balaban J connectivity index is 1.37. The molecule has 8 nitrogen and oxygen atoms in total. The topological polar surface area (TPSA) is 118 Å². The Morgan fingerprint density at radius 2 is 1.84 bits per heavy atom. The molecule has 0 fully saturated rings. The third-order valence-electron chi connectivity index (χ3n) is 4.32. The molecule has 0 saturated heterocycles. The Kier molecular flexibility index (Phi) is 6.15. The minimum Gasteiger partial charge on any atom is -0.454 e. The van der Waals surface area contributed by atoms with Gasteiger partial charge in [-0.15, -0.1) is 11.3 Å². The van der Waals surface area contributed by atoms with Gasteiger partial charge in [-0.05, 0) is 47.4 Å². The highest BCUT2D eigenvalue weighted by Crippen LogP contribution is 2.16. The highest BCUT2D eigenvalue weighted by molar-refractivity contribution is 7.95. The minimum absolute atomic E-state index is 0.196. The monoisotopic (exact) mass is 467 g/mol. The number of fused-ring (bicyclic) bond motifs is 1. The highest BCUT2D eigenvalue weighted by atomic mass is 32.2.